The molecule has 3 aromatic rings. The Bertz CT molecular complexity index is 1170. The first-order valence-corrected chi connectivity index (χ1v) is 11.1. The summed E-state index contributed by atoms with van der Waals surface area (Å²) in [6, 6.07) is 17.1. The smallest absolute Gasteiger partial charge is 0.224 e. The maximum absolute atomic E-state index is 13.7. The van der Waals surface area contributed by atoms with Gasteiger partial charge in [0, 0.05) is 29.8 Å². The number of fused-ring (bicyclic) bond motifs is 2. The van der Waals surface area contributed by atoms with Crippen molar-refractivity contribution in [2.75, 3.05) is 10.2 Å². The average molecular weight is 433 g/mol. The molecule has 1 aromatic heterocycles. The van der Waals surface area contributed by atoms with Crippen LogP contribution in [0.2, 0.25) is 0 Å². The quantitative estimate of drug-likeness (QED) is 0.568. The summed E-state index contributed by atoms with van der Waals surface area (Å²) in [5.41, 5.74) is 3.01. The van der Waals surface area contributed by atoms with Crippen LogP contribution in [0.25, 0.3) is 0 Å². The zero-order valence-electron chi connectivity index (χ0n) is 16.9. The fourth-order valence-electron chi connectivity index (χ4n) is 4.66. The maximum atomic E-state index is 13.7. The summed E-state index contributed by atoms with van der Waals surface area (Å²) in [7, 11) is 0. The fraction of sp³-hybridized carbons (Fsp3) is 0.200. The standard InChI is InChI=1S/C25H21FN2O2S/c1-15(29)28-21-6-3-2-5-19(21)27-20-13-17(23-7-4-12-31-23)14-22(30)24(20)25(28)16-8-10-18(26)11-9-16/h2-13,17,24-25,27H,14H2,1H3. The van der Waals surface area contributed by atoms with E-state index >= 15 is 0 Å². The zero-order chi connectivity index (χ0) is 21.5. The molecule has 5 rings (SSSR count). The highest BCUT2D eigenvalue weighted by Gasteiger charge is 2.44. The van der Waals surface area contributed by atoms with E-state index < -0.39 is 12.0 Å². The Balaban J connectivity index is 1.72. The van der Waals surface area contributed by atoms with Crippen molar-refractivity contribution >= 4 is 34.4 Å². The summed E-state index contributed by atoms with van der Waals surface area (Å²) in [5, 5.41) is 5.47. The predicted octanol–water partition coefficient (Wildman–Crippen LogP) is 5.66. The number of ketones is 1. The molecule has 3 unspecified atom stereocenters. The highest BCUT2D eigenvalue weighted by Crippen LogP contribution is 2.48. The number of nitrogens with one attached hydrogen (secondary N) is 1. The third-order valence-electron chi connectivity index (χ3n) is 5.98. The van der Waals surface area contributed by atoms with Gasteiger partial charge in [-0.25, -0.2) is 4.39 Å². The molecule has 156 valence electrons. The van der Waals surface area contributed by atoms with Crippen molar-refractivity contribution in [3.8, 4) is 0 Å². The molecule has 0 fully saturated rings. The van der Waals surface area contributed by atoms with Gasteiger partial charge in [0.25, 0.3) is 0 Å². The number of amides is 1. The van der Waals surface area contributed by atoms with Crippen LogP contribution in [0.4, 0.5) is 15.8 Å². The molecule has 2 aliphatic rings. The van der Waals surface area contributed by atoms with E-state index in [2.05, 4.69) is 11.4 Å². The second-order valence-corrected chi connectivity index (χ2v) is 8.90. The Morgan fingerprint density at radius 3 is 2.58 bits per heavy atom. The number of thiophene rings is 1. The van der Waals surface area contributed by atoms with Crippen LogP contribution in [0, 0.1) is 11.7 Å². The highest BCUT2D eigenvalue weighted by atomic mass is 32.1. The van der Waals surface area contributed by atoms with Crippen molar-refractivity contribution in [1.82, 2.24) is 0 Å². The third kappa shape index (κ3) is 3.47. The maximum Gasteiger partial charge on any atom is 0.224 e. The van der Waals surface area contributed by atoms with Gasteiger partial charge >= 0.3 is 0 Å². The van der Waals surface area contributed by atoms with Crippen LogP contribution in [0.1, 0.15) is 35.7 Å². The average Bonchev–Trinajstić information content (AvgIpc) is 3.24. The summed E-state index contributed by atoms with van der Waals surface area (Å²) < 4.78 is 13.7. The van der Waals surface area contributed by atoms with Crippen molar-refractivity contribution in [3.63, 3.8) is 0 Å². The van der Waals surface area contributed by atoms with Crippen molar-refractivity contribution in [2.45, 2.75) is 25.3 Å². The van der Waals surface area contributed by atoms with Crippen LogP contribution in [0.15, 0.2) is 77.8 Å². The van der Waals surface area contributed by atoms with E-state index in [0.29, 0.717) is 12.1 Å². The number of allylic oxidation sites excluding steroid dienone is 1. The number of anilines is 2. The molecule has 3 atom stereocenters. The number of halogens is 1. The third-order valence-corrected chi connectivity index (χ3v) is 6.98. The van der Waals surface area contributed by atoms with Gasteiger partial charge in [0.15, 0.2) is 0 Å². The molecular formula is C25H21FN2O2S. The van der Waals surface area contributed by atoms with Gasteiger partial charge in [0.1, 0.15) is 11.6 Å². The Hall–Kier alpha value is -3.25. The van der Waals surface area contributed by atoms with Gasteiger partial charge in [0.2, 0.25) is 5.91 Å². The second kappa shape index (κ2) is 7.78. The molecular weight excluding hydrogens is 411 g/mol. The van der Waals surface area contributed by atoms with E-state index in [1.54, 1.807) is 28.4 Å². The normalized spacial score (nSPS) is 22.6. The molecule has 1 amide bonds. The molecule has 0 saturated heterocycles. The van der Waals surface area contributed by atoms with Crippen LogP contribution >= 0.6 is 11.3 Å². The van der Waals surface area contributed by atoms with Gasteiger partial charge in [-0.1, -0.05) is 36.4 Å². The summed E-state index contributed by atoms with van der Waals surface area (Å²) in [6.45, 7) is 1.50. The Kier molecular flexibility index (Phi) is 4.94. The minimum Gasteiger partial charge on any atom is -0.357 e. The summed E-state index contributed by atoms with van der Waals surface area (Å²) in [6.07, 6.45) is 2.49. The molecule has 4 nitrogen and oxygen atoms in total. The predicted molar refractivity (Wildman–Crippen MR) is 121 cm³/mol. The summed E-state index contributed by atoms with van der Waals surface area (Å²) in [4.78, 5) is 29.3. The first kappa shape index (κ1) is 19.7. The van der Waals surface area contributed by atoms with E-state index in [9.17, 15) is 14.0 Å². The molecule has 1 aliphatic carbocycles. The molecule has 6 heteroatoms. The first-order valence-electron chi connectivity index (χ1n) is 10.2. The molecule has 2 heterocycles. The molecule has 0 saturated carbocycles. The number of Topliss-reactive ketones (excluding diaryl/α,β-unsaturated/α-hetero) is 1. The molecule has 0 spiro atoms. The molecule has 2 aromatic carbocycles. The van der Waals surface area contributed by atoms with Crippen LogP contribution in [-0.4, -0.2) is 11.7 Å². The van der Waals surface area contributed by atoms with Crippen LogP contribution < -0.4 is 10.2 Å². The fourth-order valence-corrected chi connectivity index (χ4v) is 5.46. The lowest BCUT2D eigenvalue weighted by Crippen LogP contribution is -2.41. The molecule has 0 bridgehead atoms. The largest absolute Gasteiger partial charge is 0.357 e. The zero-order valence-corrected chi connectivity index (χ0v) is 17.7. The molecule has 0 radical (unpaired) electrons. The molecule has 1 N–H and O–H groups in total. The van der Waals surface area contributed by atoms with Crippen molar-refractivity contribution < 1.29 is 14.0 Å². The Morgan fingerprint density at radius 2 is 1.87 bits per heavy atom. The molecule has 31 heavy (non-hydrogen) atoms. The number of carbonyl (C=O) groups is 2. The number of carbonyl (C=O) groups excluding carboxylic acids is 2. The summed E-state index contributed by atoms with van der Waals surface area (Å²) in [5.74, 6) is -1.02. The lowest BCUT2D eigenvalue weighted by Gasteiger charge is -2.37. The van der Waals surface area contributed by atoms with E-state index in [1.165, 1.54) is 19.1 Å². The van der Waals surface area contributed by atoms with E-state index in [4.69, 9.17) is 0 Å². The van der Waals surface area contributed by atoms with Gasteiger partial charge in [-0.15, -0.1) is 11.3 Å². The summed E-state index contributed by atoms with van der Waals surface area (Å²) >= 11 is 1.64. The molecule has 1 aliphatic heterocycles. The van der Waals surface area contributed by atoms with Gasteiger partial charge in [-0.3, -0.25) is 9.59 Å². The highest BCUT2D eigenvalue weighted by molar-refractivity contribution is 7.10. The first-order chi connectivity index (χ1) is 15.0. The van der Waals surface area contributed by atoms with Gasteiger partial charge < -0.3 is 10.2 Å². The van der Waals surface area contributed by atoms with Crippen LogP contribution in [-0.2, 0) is 9.59 Å². The van der Waals surface area contributed by atoms with E-state index in [1.807, 2.05) is 41.8 Å². The Labute approximate surface area is 184 Å². The number of para-hydroxylation sites is 2. The van der Waals surface area contributed by atoms with Crippen molar-refractivity contribution in [1.29, 1.82) is 0 Å². The second-order valence-electron chi connectivity index (χ2n) is 7.92. The van der Waals surface area contributed by atoms with Crippen molar-refractivity contribution in [2.24, 2.45) is 5.92 Å². The SMILES string of the molecule is CC(=O)N1c2ccccc2NC2=CC(c3cccs3)CC(=O)C2C1c1ccc(F)cc1. The monoisotopic (exact) mass is 432 g/mol. The van der Waals surface area contributed by atoms with Gasteiger partial charge in [0.05, 0.1) is 23.3 Å². The topological polar surface area (TPSA) is 49.4 Å². The number of benzene rings is 2. The number of hydrogen-bond acceptors (Lipinski definition) is 4. The number of nitrogens with zero attached hydrogens (tertiary/aromatic N) is 1. The lowest BCUT2D eigenvalue weighted by atomic mass is 9.77. The Morgan fingerprint density at radius 1 is 1.10 bits per heavy atom. The van der Waals surface area contributed by atoms with Crippen molar-refractivity contribution in [3.05, 3.63) is 94.1 Å². The van der Waals surface area contributed by atoms with E-state index in [0.717, 1.165) is 21.8 Å². The number of hydrogen-bond donors (Lipinski definition) is 1. The minimum absolute atomic E-state index is 0.00356. The number of rotatable bonds is 2. The lowest BCUT2D eigenvalue weighted by molar-refractivity contribution is -0.123. The minimum atomic E-state index is -0.558. The van der Waals surface area contributed by atoms with Crippen LogP contribution in [0.3, 0.4) is 0 Å². The van der Waals surface area contributed by atoms with Crippen LogP contribution in [0.5, 0.6) is 0 Å². The van der Waals surface area contributed by atoms with E-state index in [-0.39, 0.29) is 23.4 Å². The van der Waals surface area contributed by atoms with Gasteiger partial charge in [-0.05, 0) is 41.3 Å². The van der Waals surface area contributed by atoms with Gasteiger partial charge in [-0.2, -0.15) is 0 Å².